The molecule has 0 aliphatic carbocycles. The molecular formula is C13H16N2O. The van der Waals surface area contributed by atoms with Crippen LogP contribution in [-0.4, -0.2) is 23.9 Å². The molecule has 84 valence electrons. The molecule has 0 aliphatic rings. The molecule has 0 spiro atoms. The first-order chi connectivity index (χ1) is 7.72. The zero-order chi connectivity index (χ0) is 12.0. The molecule has 1 aromatic carbocycles. The summed E-state index contributed by atoms with van der Waals surface area (Å²) in [4.78, 5) is 13.7. The fourth-order valence-corrected chi connectivity index (χ4v) is 1.55. The molecule has 1 rings (SSSR count). The Morgan fingerprint density at radius 1 is 1.25 bits per heavy atom. The van der Waals surface area contributed by atoms with Crippen molar-refractivity contribution in [2.45, 2.75) is 20.3 Å². The van der Waals surface area contributed by atoms with Crippen LogP contribution in [0.5, 0.6) is 0 Å². The lowest BCUT2D eigenvalue weighted by Crippen LogP contribution is -2.30. The van der Waals surface area contributed by atoms with Gasteiger partial charge >= 0.3 is 0 Å². The molecule has 0 fully saturated rings. The number of amides is 1. The van der Waals surface area contributed by atoms with Crippen LogP contribution in [0, 0.1) is 11.3 Å². The maximum Gasteiger partial charge on any atom is 0.253 e. The highest BCUT2D eigenvalue weighted by Crippen LogP contribution is 2.08. The first-order valence-corrected chi connectivity index (χ1v) is 5.48. The maximum atomic E-state index is 11.9. The van der Waals surface area contributed by atoms with E-state index >= 15 is 0 Å². The van der Waals surface area contributed by atoms with Crippen LogP contribution in [0.4, 0.5) is 0 Å². The summed E-state index contributed by atoms with van der Waals surface area (Å²) in [6, 6.07) is 9.32. The number of nitriles is 1. The van der Waals surface area contributed by atoms with E-state index in [9.17, 15) is 4.79 Å². The van der Waals surface area contributed by atoms with Gasteiger partial charge in [0.05, 0.1) is 12.5 Å². The molecule has 0 saturated carbocycles. The SMILES string of the molecule is CCN(CC)C(=O)c1ccc(CC#N)cc1. The lowest BCUT2D eigenvalue weighted by molar-refractivity contribution is 0.0773. The van der Waals surface area contributed by atoms with Gasteiger partial charge in [-0.05, 0) is 31.5 Å². The molecule has 0 atom stereocenters. The van der Waals surface area contributed by atoms with Crippen LogP contribution in [0.1, 0.15) is 29.8 Å². The Labute approximate surface area is 96.3 Å². The van der Waals surface area contributed by atoms with Crippen molar-refractivity contribution in [1.82, 2.24) is 4.90 Å². The smallest absolute Gasteiger partial charge is 0.253 e. The molecule has 0 N–H and O–H groups in total. The molecule has 0 radical (unpaired) electrons. The minimum atomic E-state index is 0.0495. The summed E-state index contributed by atoms with van der Waals surface area (Å²) in [6.45, 7) is 5.36. The van der Waals surface area contributed by atoms with Gasteiger partial charge in [-0.2, -0.15) is 5.26 Å². The van der Waals surface area contributed by atoms with Crippen LogP contribution >= 0.6 is 0 Å². The zero-order valence-corrected chi connectivity index (χ0v) is 9.73. The average molecular weight is 216 g/mol. The molecule has 0 aromatic heterocycles. The molecule has 3 nitrogen and oxygen atoms in total. The predicted molar refractivity (Wildman–Crippen MR) is 63.0 cm³/mol. The molecule has 0 heterocycles. The average Bonchev–Trinajstić information content (AvgIpc) is 2.32. The van der Waals surface area contributed by atoms with Crippen LogP contribution in [0.2, 0.25) is 0 Å². The third kappa shape index (κ3) is 2.83. The van der Waals surface area contributed by atoms with Crippen molar-refractivity contribution >= 4 is 5.91 Å². The number of carbonyl (C=O) groups is 1. The maximum absolute atomic E-state index is 11.9. The van der Waals surface area contributed by atoms with Crippen molar-refractivity contribution in [2.75, 3.05) is 13.1 Å². The summed E-state index contributed by atoms with van der Waals surface area (Å²) in [6.07, 6.45) is 0.389. The Balaban J connectivity index is 2.81. The predicted octanol–water partition coefficient (Wildman–Crippen LogP) is 2.23. The van der Waals surface area contributed by atoms with Gasteiger partial charge in [-0.3, -0.25) is 4.79 Å². The number of benzene rings is 1. The van der Waals surface area contributed by atoms with Crippen LogP contribution in [0.25, 0.3) is 0 Å². The van der Waals surface area contributed by atoms with Crippen molar-refractivity contribution in [3.63, 3.8) is 0 Å². The van der Waals surface area contributed by atoms with E-state index in [0.717, 1.165) is 18.7 Å². The lowest BCUT2D eigenvalue weighted by atomic mass is 10.1. The molecule has 0 aliphatic heterocycles. The van der Waals surface area contributed by atoms with Crippen molar-refractivity contribution in [2.24, 2.45) is 0 Å². The van der Waals surface area contributed by atoms with Gasteiger partial charge in [0.25, 0.3) is 5.91 Å². The Morgan fingerprint density at radius 3 is 2.25 bits per heavy atom. The number of hydrogen-bond donors (Lipinski definition) is 0. The van der Waals surface area contributed by atoms with E-state index in [1.807, 2.05) is 26.0 Å². The van der Waals surface area contributed by atoms with Crippen LogP contribution in [0.15, 0.2) is 24.3 Å². The first kappa shape index (κ1) is 12.3. The van der Waals surface area contributed by atoms with Gasteiger partial charge in [-0.1, -0.05) is 12.1 Å². The minimum Gasteiger partial charge on any atom is -0.339 e. The van der Waals surface area contributed by atoms with Gasteiger partial charge in [0.2, 0.25) is 0 Å². The normalized spacial score (nSPS) is 9.56. The third-order valence-electron chi connectivity index (χ3n) is 2.53. The largest absolute Gasteiger partial charge is 0.339 e. The summed E-state index contributed by atoms with van der Waals surface area (Å²) >= 11 is 0. The molecule has 1 aromatic rings. The lowest BCUT2D eigenvalue weighted by Gasteiger charge is -2.18. The van der Waals surface area contributed by atoms with Crippen LogP contribution in [0.3, 0.4) is 0 Å². The number of hydrogen-bond acceptors (Lipinski definition) is 2. The summed E-state index contributed by atoms with van der Waals surface area (Å²) in [7, 11) is 0. The molecular weight excluding hydrogens is 200 g/mol. The van der Waals surface area contributed by atoms with E-state index in [-0.39, 0.29) is 5.91 Å². The minimum absolute atomic E-state index is 0.0495. The van der Waals surface area contributed by atoms with Gasteiger partial charge in [0, 0.05) is 18.7 Å². The highest BCUT2D eigenvalue weighted by atomic mass is 16.2. The van der Waals surface area contributed by atoms with Gasteiger partial charge < -0.3 is 4.90 Å². The van der Waals surface area contributed by atoms with Crippen molar-refractivity contribution < 1.29 is 4.79 Å². The first-order valence-electron chi connectivity index (χ1n) is 5.48. The summed E-state index contributed by atoms with van der Waals surface area (Å²) in [5, 5.41) is 8.54. The summed E-state index contributed by atoms with van der Waals surface area (Å²) in [5.74, 6) is 0.0495. The summed E-state index contributed by atoms with van der Waals surface area (Å²) in [5.41, 5.74) is 1.63. The Morgan fingerprint density at radius 2 is 1.81 bits per heavy atom. The molecule has 0 unspecified atom stereocenters. The number of nitrogens with zero attached hydrogens (tertiary/aromatic N) is 2. The van der Waals surface area contributed by atoms with Gasteiger partial charge in [-0.15, -0.1) is 0 Å². The van der Waals surface area contributed by atoms with E-state index in [1.54, 1.807) is 17.0 Å². The van der Waals surface area contributed by atoms with Crippen LogP contribution < -0.4 is 0 Å². The fraction of sp³-hybridized carbons (Fsp3) is 0.385. The van der Waals surface area contributed by atoms with Crippen molar-refractivity contribution in [3.05, 3.63) is 35.4 Å². The summed E-state index contributed by atoms with van der Waals surface area (Å²) < 4.78 is 0. The Bertz CT molecular complexity index is 385. The molecule has 16 heavy (non-hydrogen) atoms. The molecule has 0 saturated heterocycles. The van der Waals surface area contributed by atoms with E-state index in [0.29, 0.717) is 12.0 Å². The van der Waals surface area contributed by atoms with E-state index in [1.165, 1.54) is 0 Å². The second-order valence-corrected chi connectivity index (χ2v) is 3.51. The molecule has 0 bridgehead atoms. The third-order valence-corrected chi connectivity index (χ3v) is 2.53. The van der Waals surface area contributed by atoms with Crippen molar-refractivity contribution in [1.29, 1.82) is 5.26 Å². The second kappa shape index (κ2) is 5.92. The van der Waals surface area contributed by atoms with E-state index in [4.69, 9.17) is 5.26 Å². The molecule has 3 heteroatoms. The standard InChI is InChI=1S/C13H16N2O/c1-3-15(4-2)13(16)12-7-5-11(6-8-12)9-10-14/h5-8H,3-4,9H2,1-2H3. The zero-order valence-electron chi connectivity index (χ0n) is 9.73. The van der Waals surface area contributed by atoms with Crippen LogP contribution in [-0.2, 0) is 6.42 Å². The Kier molecular flexibility index (Phi) is 4.53. The quantitative estimate of drug-likeness (QED) is 0.774. The second-order valence-electron chi connectivity index (χ2n) is 3.51. The van der Waals surface area contributed by atoms with Gasteiger partial charge in [0.1, 0.15) is 0 Å². The fourth-order valence-electron chi connectivity index (χ4n) is 1.55. The van der Waals surface area contributed by atoms with Gasteiger partial charge in [-0.25, -0.2) is 0 Å². The molecule has 1 amide bonds. The highest BCUT2D eigenvalue weighted by molar-refractivity contribution is 5.94. The van der Waals surface area contributed by atoms with Gasteiger partial charge in [0.15, 0.2) is 0 Å². The van der Waals surface area contributed by atoms with E-state index in [2.05, 4.69) is 6.07 Å². The number of carbonyl (C=O) groups excluding carboxylic acids is 1. The van der Waals surface area contributed by atoms with E-state index < -0.39 is 0 Å². The van der Waals surface area contributed by atoms with Crippen molar-refractivity contribution in [3.8, 4) is 6.07 Å². The monoisotopic (exact) mass is 216 g/mol. The highest BCUT2D eigenvalue weighted by Gasteiger charge is 2.11. The topological polar surface area (TPSA) is 44.1 Å². The number of rotatable bonds is 4. The Hall–Kier alpha value is -1.82.